The zero-order chi connectivity index (χ0) is 16.0. The Morgan fingerprint density at radius 1 is 1.24 bits per heavy atom. The van der Waals surface area contributed by atoms with Gasteiger partial charge in [0.05, 0.1) is 31.8 Å². The molecule has 3 N–H and O–H groups in total. The second kappa shape index (κ2) is 7.84. The Labute approximate surface area is 130 Å². The SMILES string of the molecule is COc1cc(CN(CC(N)=O)CC(=O)O)c(OC)cc1Br. The number of methoxy groups -OCH3 is 2. The number of primary amides is 1. The highest BCUT2D eigenvalue weighted by molar-refractivity contribution is 9.10. The smallest absolute Gasteiger partial charge is 0.317 e. The van der Waals surface area contributed by atoms with Gasteiger partial charge in [-0.1, -0.05) is 0 Å². The first-order valence-electron chi connectivity index (χ1n) is 6.00. The third-order valence-corrected chi connectivity index (χ3v) is 3.31. The summed E-state index contributed by atoms with van der Waals surface area (Å²) in [5.41, 5.74) is 5.83. The molecule has 0 spiro atoms. The summed E-state index contributed by atoms with van der Waals surface area (Å²) in [5, 5.41) is 8.89. The number of benzene rings is 1. The molecule has 0 unspecified atom stereocenters. The Morgan fingerprint density at radius 2 is 1.86 bits per heavy atom. The van der Waals surface area contributed by atoms with Crippen molar-refractivity contribution in [2.75, 3.05) is 27.3 Å². The zero-order valence-electron chi connectivity index (χ0n) is 11.8. The normalized spacial score (nSPS) is 10.5. The Morgan fingerprint density at radius 3 is 2.33 bits per heavy atom. The molecule has 116 valence electrons. The van der Waals surface area contributed by atoms with E-state index >= 15 is 0 Å². The van der Waals surface area contributed by atoms with Crippen LogP contribution in [0.4, 0.5) is 0 Å². The van der Waals surface area contributed by atoms with Crippen LogP contribution < -0.4 is 15.2 Å². The van der Waals surface area contributed by atoms with Crippen LogP contribution in [0.5, 0.6) is 11.5 Å². The second-order valence-corrected chi connectivity index (χ2v) is 5.16. The number of carbonyl (C=O) groups is 2. The van der Waals surface area contributed by atoms with Crippen molar-refractivity contribution in [3.8, 4) is 11.5 Å². The molecule has 0 saturated carbocycles. The molecular weight excluding hydrogens is 344 g/mol. The summed E-state index contributed by atoms with van der Waals surface area (Å²) in [6.45, 7) is -0.264. The maximum Gasteiger partial charge on any atom is 0.317 e. The van der Waals surface area contributed by atoms with Crippen LogP contribution in [-0.2, 0) is 16.1 Å². The lowest BCUT2D eigenvalue weighted by molar-refractivity contribution is -0.138. The van der Waals surface area contributed by atoms with Gasteiger partial charge in [-0.3, -0.25) is 14.5 Å². The molecule has 0 heterocycles. The number of nitrogens with zero attached hydrogens (tertiary/aromatic N) is 1. The predicted molar refractivity (Wildman–Crippen MR) is 79.4 cm³/mol. The van der Waals surface area contributed by atoms with Gasteiger partial charge in [0.25, 0.3) is 0 Å². The second-order valence-electron chi connectivity index (χ2n) is 4.30. The van der Waals surface area contributed by atoms with Crippen LogP contribution in [0.25, 0.3) is 0 Å². The molecule has 0 bridgehead atoms. The number of hydrogen-bond donors (Lipinski definition) is 2. The van der Waals surface area contributed by atoms with Crippen molar-refractivity contribution >= 4 is 27.8 Å². The van der Waals surface area contributed by atoms with Crippen molar-refractivity contribution in [2.45, 2.75) is 6.54 Å². The van der Waals surface area contributed by atoms with Gasteiger partial charge in [0.1, 0.15) is 11.5 Å². The van der Waals surface area contributed by atoms with E-state index in [9.17, 15) is 9.59 Å². The maximum atomic E-state index is 11.0. The number of carbonyl (C=O) groups excluding carboxylic acids is 1. The van der Waals surface area contributed by atoms with Gasteiger partial charge in [-0.05, 0) is 28.1 Å². The highest BCUT2D eigenvalue weighted by Gasteiger charge is 2.17. The van der Waals surface area contributed by atoms with Gasteiger partial charge in [0, 0.05) is 12.1 Å². The van der Waals surface area contributed by atoms with Crippen molar-refractivity contribution in [1.29, 1.82) is 0 Å². The minimum absolute atomic E-state index is 0.159. The van der Waals surface area contributed by atoms with Gasteiger partial charge in [0.15, 0.2) is 0 Å². The molecule has 1 amide bonds. The third-order valence-electron chi connectivity index (χ3n) is 2.69. The average Bonchev–Trinajstić information content (AvgIpc) is 2.38. The van der Waals surface area contributed by atoms with Crippen molar-refractivity contribution < 1.29 is 24.2 Å². The number of nitrogens with two attached hydrogens (primary N) is 1. The van der Waals surface area contributed by atoms with Crippen LogP contribution in [0.3, 0.4) is 0 Å². The standard InChI is InChI=1S/C13H17BrN2O5/c1-20-10-4-9(14)11(21-2)3-8(10)5-16(6-12(15)17)7-13(18)19/h3-4H,5-7H2,1-2H3,(H2,15,17)(H,18,19). The highest BCUT2D eigenvalue weighted by Crippen LogP contribution is 2.33. The van der Waals surface area contributed by atoms with E-state index in [1.54, 1.807) is 12.1 Å². The molecule has 8 heteroatoms. The summed E-state index contributed by atoms with van der Waals surface area (Å²) < 4.78 is 11.2. The number of halogens is 1. The fourth-order valence-corrected chi connectivity index (χ4v) is 2.35. The number of rotatable bonds is 8. The van der Waals surface area contributed by atoms with Gasteiger partial charge >= 0.3 is 5.97 Å². The Kier molecular flexibility index (Phi) is 6.44. The van der Waals surface area contributed by atoms with E-state index in [2.05, 4.69) is 15.9 Å². The Bertz CT molecular complexity index is 520. The molecule has 0 saturated heterocycles. The van der Waals surface area contributed by atoms with Gasteiger partial charge in [0.2, 0.25) is 5.91 Å². The average molecular weight is 361 g/mol. The molecule has 21 heavy (non-hydrogen) atoms. The summed E-state index contributed by atoms with van der Waals surface area (Å²) in [5.74, 6) is -0.499. The summed E-state index contributed by atoms with van der Waals surface area (Å²) in [4.78, 5) is 23.3. The summed E-state index contributed by atoms with van der Waals surface area (Å²) in [7, 11) is 3.03. The minimum Gasteiger partial charge on any atom is -0.496 e. The molecular formula is C13H17BrN2O5. The van der Waals surface area contributed by atoms with E-state index in [1.807, 2.05) is 0 Å². The molecule has 0 aliphatic rings. The lowest BCUT2D eigenvalue weighted by Gasteiger charge is -2.20. The molecule has 0 aliphatic heterocycles. The van der Waals surface area contributed by atoms with Crippen molar-refractivity contribution in [2.24, 2.45) is 5.73 Å². The van der Waals surface area contributed by atoms with Gasteiger partial charge < -0.3 is 20.3 Å². The minimum atomic E-state index is -1.04. The number of ether oxygens (including phenoxy) is 2. The van der Waals surface area contributed by atoms with E-state index in [1.165, 1.54) is 19.1 Å². The summed E-state index contributed by atoms with van der Waals surface area (Å²) in [6, 6.07) is 3.44. The third kappa shape index (κ3) is 5.24. The van der Waals surface area contributed by atoms with Crippen molar-refractivity contribution in [3.63, 3.8) is 0 Å². The van der Waals surface area contributed by atoms with E-state index in [4.69, 9.17) is 20.3 Å². The molecule has 1 aromatic rings. The molecule has 0 atom stereocenters. The molecule has 7 nitrogen and oxygen atoms in total. The fraction of sp³-hybridized carbons (Fsp3) is 0.385. The van der Waals surface area contributed by atoms with Crippen LogP contribution in [0.2, 0.25) is 0 Å². The Hall–Kier alpha value is -1.80. The number of carboxylic acids is 1. The quantitative estimate of drug-likeness (QED) is 0.712. The van der Waals surface area contributed by atoms with Crippen LogP contribution in [0.15, 0.2) is 16.6 Å². The summed E-state index contributed by atoms with van der Waals surface area (Å²) >= 11 is 3.34. The lowest BCUT2D eigenvalue weighted by atomic mass is 10.1. The largest absolute Gasteiger partial charge is 0.496 e. The number of amides is 1. The highest BCUT2D eigenvalue weighted by atomic mass is 79.9. The Balaban J connectivity index is 3.05. The lowest BCUT2D eigenvalue weighted by Crippen LogP contribution is -2.37. The molecule has 1 aromatic carbocycles. The topological polar surface area (TPSA) is 102 Å². The van der Waals surface area contributed by atoms with Crippen LogP contribution in [-0.4, -0.2) is 49.2 Å². The van der Waals surface area contributed by atoms with E-state index < -0.39 is 11.9 Å². The van der Waals surface area contributed by atoms with Crippen LogP contribution in [0, 0.1) is 0 Å². The number of carboxylic acid groups (broad SMARTS) is 1. The summed E-state index contributed by atoms with van der Waals surface area (Å²) in [6.07, 6.45) is 0. The molecule has 0 aliphatic carbocycles. The van der Waals surface area contributed by atoms with E-state index in [0.717, 1.165) is 0 Å². The molecule has 0 fully saturated rings. The first-order valence-corrected chi connectivity index (χ1v) is 6.79. The van der Waals surface area contributed by atoms with Gasteiger partial charge in [-0.15, -0.1) is 0 Å². The fourth-order valence-electron chi connectivity index (χ4n) is 1.87. The maximum absolute atomic E-state index is 11.0. The number of hydrogen-bond acceptors (Lipinski definition) is 5. The van der Waals surface area contributed by atoms with Crippen molar-refractivity contribution in [3.05, 3.63) is 22.2 Å². The van der Waals surface area contributed by atoms with Gasteiger partial charge in [-0.25, -0.2) is 0 Å². The monoisotopic (exact) mass is 360 g/mol. The molecule has 0 radical (unpaired) electrons. The predicted octanol–water partition coefficient (Wildman–Crippen LogP) is 0.838. The first-order chi connectivity index (χ1) is 9.87. The first kappa shape index (κ1) is 17.3. The molecule has 0 aromatic heterocycles. The van der Waals surface area contributed by atoms with Crippen LogP contribution in [0.1, 0.15) is 5.56 Å². The zero-order valence-corrected chi connectivity index (χ0v) is 13.3. The number of aliphatic carboxylic acids is 1. The van der Waals surface area contributed by atoms with Crippen LogP contribution >= 0.6 is 15.9 Å². The van der Waals surface area contributed by atoms with Crippen molar-refractivity contribution in [1.82, 2.24) is 4.90 Å². The molecule has 1 rings (SSSR count). The van der Waals surface area contributed by atoms with E-state index in [-0.39, 0.29) is 19.6 Å². The van der Waals surface area contributed by atoms with E-state index in [0.29, 0.717) is 21.5 Å². The van der Waals surface area contributed by atoms with Gasteiger partial charge in [-0.2, -0.15) is 0 Å².